The monoisotopic (exact) mass is 261 g/mol. The average molecular weight is 261 g/mol. The summed E-state index contributed by atoms with van der Waals surface area (Å²) >= 11 is 0. The molecule has 0 radical (unpaired) electrons. The fourth-order valence-corrected chi connectivity index (χ4v) is 3.68. The lowest BCUT2D eigenvalue weighted by atomic mass is 9.61. The summed E-state index contributed by atoms with van der Waals surface area (Å²) in [5, 5.41) is 11.2. The Labute approximate surface area is 117 Å². The number of aryl methyl sites for hydroxylation is 2. The molecule has 1 unspecified atom stereocenters. The van der Waals surface area contributed by atoms with Crippen LogP contribution in [0.4, 0.5) is 0 Å². The van der Waals surface area contributed by atoms with Crippen molar-refractivity contribution >= 4 is 0 Å². The number of nitrogens with two attached hydrogens (primary N) is 1. The molecular formula is C17H27NO. The van der Waals surface area contributed by atoms with E-state index in [-0.39, 0.29) is 5.41 Å². The second kappa shape index (κ2) is 5.26. The highest BCUT2D eigenvalue weighted by Crippen LogP contribution is 2.49. The second-order valence-corrected chi connectivity index (χ2v) is 6.49. The molecule has 1 aliphatic rings. The molecule has 0 heterocycles. The third-order valence-corrected chi connectivity index (χ3v) is 5.02. The summed E-state index contributed by atoms with van der Waals surface area (Å²) in [7, 11) is 0. The number of aliphatic hydroxyl groups is 1. The van der Waals surface area contributed by atoms with Crippen molar-refractivity contribution in [1.29, 1.82) is 0 Å². The molecule has 1 aromatic carbocycles. The molecule has 0 bridgehead atoms. The largest absolute Gasteiger partial charge is 0.385 e. The predicted molar refractivity (Wildman–Crippen MR) is 80.1 cm³/mol. The first kappa shape index (κ1) is 14.5. The van der Waals surface area contributed by atoms with Gasteiger partial charge in [-0.3, -0.25) is 0 Å². The van der Waals surface area contributed by atoms with Crippen LogP contribution in [0.3, 0.4) is 0 Å². The van der Waals surface area contributed by atoms with E-state index in [0.717, 1.165) is 18.4 Å². The molecule has 19 heavy (non-hydrogen) atoms. The molecule has 2 rings (SSSR count). The van der Waals surface area contributed by atoms with Crippen molar-refractivity contribution in [2.24, 2.45) is 11.1 Å². The molecule has 1 fully saturated rings. The summed E-state index contributed by atoms with van der Waals surface area (Å²) in [6, 6.07) is 6.37. The molecule has 0 amide bonds. The number of hydrogen-bond acceptors (Lipinski definition) is 2. The van der Waals surface area contributed by atoms with Crippen LogP contribution in [0, 0.1) is 19.3 Å². The van der Waals surface area contributed by atoms with Gasteiger partial charge in [0.1, 0.15) is 0 Å². The maximum Gasteiger partial charge on any atom is 0.0936 e. The Bertz CT molecular complexity index is 424. The van der Waals surface area contributed by atoms with Crippen molar-refractivity contribution in [3.05, 3.63) is 34.9 Å². The Balaban J connectivity index is 2.43. The summed E-state index contributed by atoms with van der Waals surface area (Å²) in [6.07, 6.45) is 5.69. The van der Waals surface area contributed by atoms with E-state index in [1.165, 1.54) is 30.4 Å². The Morgan fingerprint density at radius 2 is 1.63 bits per heavy atom. The molecular weight excluding hydrogens is 234 g/mol. The van der Waals surface area contributed by atoms with E-state index in [1.807, 2.05) is 6.92 Å². The molecule has 0 aliphatic heterocycles. The van der Waals surface area contributed by atoms with Gasteiger partial charge in [-0.1, -0.05) is 48.6 Å². The van der Waals surface area contributed by atoms with E-state index in [9.17, 15) is 5.11 Å². The number of rotatable bonds is 3. The molecule has 0 aromatic heterocycles. The Morgan fingerprint density at radius 3 is 2.11 bits per heavy atom. The molecule has 106 valence electrons. The lowest BCUT2D eigenvalue weighted by Crippen LogP contribution is -2.49. The maximum atomic E-state index is 11.2. The van der Waals surface area contributed by atoms with Gasteiger partial charge in [-0.2, -0.15) is 0 Å². The second-order valence-electron chi connectivity index (χ2n) is 6.49. The zero-order valence-electron chi connectivity index (χ0n) is 12.5. The summed E-state index contributed by atoms with van der Waals surface area (Å²) in [6.45, 7) is 6.69. The third kappa shape index (κ3) is 2.56. The smallest absolute Gasteiger partial charge is 0.0936 e. The van der Waals surface area contributed by atoms with E-state index in [1.54, 1.807) is 0 Å². The van der Waals surface area contributed by atoms with Gasteiger partial charge in [0.15, 0.2) is 0 Å². The Hall–Kier alpha value is -0.860. The van der Waals surface area contributed by atoms with Crippen LogP contribution in [-0.4, -0.2) is 11.7 Å². The predicted octanol–water partition coefficient (Wildman–Crippen LogP) is 3.42. The van der Waals surface area contributed by atoms with Gasteiger partial charge in [-0.25, -0.2) is 0 Å². The minimum Gasteiger partial charge on any atom is -0.385 e. The lowest BCUT2D eigenvalue weighted by molar-refractivity contribution is -0.0919. The molecule has 1 aromatic rings. The summed E-state index contributed by atoms with van der Waals surface area (Å²) in [4.78, 5) is 0. The minimum absolute atomic E-state index is 0.161. The van der Waals surface area contributed by atoms with Crippen LogP contribution in [0.1, 0.15) is 55.7 Å². The minimum atomic E-state index is -0.834. The Morgan fingerprint density at radius 1 is 1.11 bits per heavy atom. The van der Waals surface area contributed by atoms with Gasteiger partial charge in [-0.05, 0) is 39.2 Å². The molecule has 0 saturated heterocycles. The molecule has 0 spiro atoms. The zero-order chi connectivity index (χ0) is 14.1. The molecule has 2 nitrogen and oxygen atoms in total. The summed E-state index contributed by atoms with van der Waals surface area (Å²) in [5.74, 6) is 0. The molecule has 3 N–H and O–H groups in total. The fraction of sp³-hybridized carbons (Fsp3) is 0.647. The number of benzene rings is 1. The van der Waals surface area contributed by atoms with Crippen molar-refractivity contribution in [1.82, 2.24) is 0 Å². The molecule has 1 aliphatic carbocycles. The molecule has 2 heteroatoms. The van der Waals surface area contributed by atoms with E-state index in [2.05, 4.69) is 32.0 Å². The van der Waals surface area contributed by atoms with Crippen molar-refractivity contribution < 1.29 is 5.11 Å². The highest BCUT2D eigenvalue weighted by Gasteiger charge is 2.47. The normalized spacial score (nSPS) is 21.9. The van der Waals surface area contributed by atoms with Gasteiger partial charge in [0.2, 0.25) is 0 Å². The highest BCUT2D eigenvalue weighted by atomic mass is 16.3. The first-order chi connectivity index (χ1) is 8.91. The van der Waals surface area contributed by atoms with Crippen molar-refractivity contribution in [3.8, 4) is 0 Å². The molecule has 1 atom stereocenters. The van der Waals surface area contributed by atoms with Crippen LogP contribution in [0.25, 0.3) is 0 Å². The summed E-state index contributed by atoms with van der Waals surface area (Å²) in [5.41, 5.74) is 8.52. The first-order valence-electron chi connectivity index (χ1n) is 7.42. The maximum absolute atomic E-state index is 11.2. The van der Waals surface area contributed by atoms with Crippen LogP contribution in [0.5, 0.6) is 0 Å². The van der Waals surface area contributed by atoms with E-state index in [0.29, 0.717) is 6.54 Å². The van der Waals surface area contributed by atoms with Crippen LogP contribution >= 0.6 is 0 Å². The quantitative estimate of drug-likeness (QED) is 0.875. The topological polar surface area (TPSA) is 46.2 Å². The third-order valence-electron chi connectivity index (χ3n) is 5.02. The van der Waals surface area contributed by atoms with Gasteiger partial charge in [0.05, 0.1) is 5.60 Å². The number of hydrogen-bond donors (Lipinski definition) is 2. The van der Waals surface area contributed by atoms with Crippen LogP contribution in [0.15, 0.2) is 18.2 Å². The standard InChI is InChI=1S/C17H27NO/c1-13-9-14(2)11-15(10-13)16(3,19)17(12-18)7-5-4-6-8-17/h9-11,19H,4-8,12,18H2,1-3H3. The first-order valence-corrected chi connectivity index (χ1v) is 7.42. The van der Waals surface area contributed by atoms with Gasteiger partial charge in [0.25, 0.3) is 0 Å². The SMILES string of the molecule is Cc1cc(C)cc(C(C)(O)C2(CN)CCCCC2)c1. The van der Waals surface area contributed by atoms with E-state index < -0.39 is 5.60 Å². The van der Waals surface area contributed by atoms with Crippen LogP contribution < -0.4 is 5.73 Å². The highest BCUT2D eigenvalue weighted by molar-refractivity contribution is 5.34. The zero-order valence-corrected chi connectivity index (χ0v) is 12.5. The molecule has 1 saturated carbocycles. The fourth-order valence-electron chi connectivity index (χ4n) is 3.68. The van der Waals surface area contributed by atoms with Crippen LogP contribution in [-0.2, 0) is 5.60 Å². The van der Waals surface area contributed by atoms with Crippen LogP contribution in [0.2, 0.25) is 0 Å². The average Bonchev–Trinajstić information content (AvgIpc) is 2.38. The van der Waals surface area contributed by atoms with Crippen molar-refractivity contribution in [2.45, 2.75) is 58.5 Å². The summed E-state index contributed by atoms with van der Waals surface area (Å²) < 4.78 is 0. The van der Waals surface area contributed by atoms with E-state index >= 15 is 0 Å². The van der Waals surface area contributed by atoms with Gasteiger partial charge in [0, 0.05) is 12.0 Å². The van der Waals surface area contributed by atoms with E-state index in [4.69, 9.17) is 5.73 Å². The van der Waals surface area contributed by atoms with Gasteiger partial charge in [-0.15, -0.1) is 0 Å². The lowest BCUT2D eigenvalue weighted by Gasteiger charge is -2.48. The van der Waals surface area contributed by atoms with Crippen molar-refractivity contribution in [2.75, 3.05) is 6.54 Å². The van der Waals surface area contributed by atoms with Gasteiger partial charge >= 0.3 is 0 Å². The van der Waals surface area contributed by atoms with Gasteiger partial charge < -0.3 is 10.8 Å². The Kier molecular flexibility index (Phi) is 4.03. The van der Waals surface area contributed by atoms with Crippen molar-refractivity contribution in [3.63, 3.8) is 0 Å².